The van der Waals surface area contributed by atoms with Gasteiger partial charge >= 0.3 is 0 Å². The predicted molar refractivity (Wildman–Crippen MR) is 134 cm³/mol. The van der Waals surface area contributed by atoms with Crippen LogP contribution in [0.15, 0.2) is 53.7 Å². The molecule has 6 nitrogen and oxygen atoms in total. The van der Waals surface area contributed by atoms with Crippen LogP contribution in [0.2, 0.25) is 0 Å². The van der Waals surface area contributed by atoms with Gasteiger partial charge in [-0.15, -0.1) is 10.2 Å². The van der Waals surface area contributed by atoms with Crippen molar-refractivity contribution in [2.75, 3.05) is 11.1 Å². The Morgan fingerprint density at radius 3 is 2.58 bits per heavy atom. The molecule has 0 aliphatic carbocycles. The summed E-state index contributed by atoms with van der Waals surface area (Å²) in [5.41, 5.74) is 2.00. The second kappa shape index (κ2) is 11.0. The van der Waals surface area contributed by atoms with Gasteiger partial charge in [0.15, 0.2) is 17.1 Å². The number of benzene rings is 2. The fourth-order valence-corrected chi connectivity index (χ4v) is 4.53. The first kappa shape index (κ1) is 23.6. The van der Waals surface area contributed by atoms with E-state index in [0.29, 0.717) is 17.6 Å². The number of halogens is 1. The number of amides is 1. The van der Waals surface area contributed by atoms with Crippen molar-refractivity contribution in [3.63, 3.8) is 0 Å². The molecule has 164 valence electrons. The first-order valence-corrected chi connectivity index (χ1v) is 12.3. The van der Waals surface area contributed by atoms with Crippen LogP contribution < -0.4 is 10.1 Å². The molecule has 1 heterocycles. The third kappa shape index (κ3) is 6.22. The highest BCUT2D eigenvalue weighted by molar-refractivity contribution is 14.1. The first-order valence-electron chi connectivity index (χ1n) is 10.3. The van der Waals surface area contributed by atoms with E-state index in [4.69, 9.17) is 4.74 Å². The average molecular weight is 550 g/mol. The van der Waals surface area contributed by atoms with E-state index in [0.717, 1.165) is 26.4 Å². The standard InChI is InChI=1S/C23H27IN4O2S/c1-5-28-22(16(4)30-18-9-7-6-8-10-18)26-27-23(28)31-14-21(29)25-20-12-11-17(24)13-19(20)15(2)3/h6-13,15-16H,5,14H2,1-4H3,(H,25,29)/t16-/m1/s1. The van der Waals surface area contributed by atoms with E-state index in [1.54, 1.807) is 0 Å². The molecule has 0 aliphatic rings. The fraction of sp³-hybridized carbons (Fsp3) is 0.348. The summed E-state index contributed by atoms with van der Waals surface area (Å²) in [5.74, 6) is 2.06. The molecule has 31 heavy (non-hydrogen) atoms. The van der Waals surface area contributed by atoms with Gasteiger partial charge in [0.05, 0.1) is 5.75 Å². The van der Waals surface area contributed by atoms with Crippen molar-refractivity contribution in [1.29, 1.82) is 0 Å². The number of nitrogens with zero attached hydrogens (tertiary/aromatic N) is 3. The predicted octanol–water partition coefficient (Wildman–Crippen LogP) is 5.90. The molecule has 0 fully saturated rings. The van der Waals surface area contributed by atoms with Gasteiger partial charge < -0.3 is 14.6 Å². The van der Waals surface area contributed by atoms with E-state index in [1.165, 1.54) is 11.8 Å². The number of rotatable bonds is 9. The van der Waals surface area contributed by atoms with E-state index >= 15 is 0 Å². The van der Waals surface area contributed by atoms with Crippen LogP contribution in [-0.4, -0.2) is 26.4 Å². The number of para-hydroxylation sites is 1. The molecule has 2 aromatic carbocycles. The van der Waals surface area contributed by atoms with Crippen LogP contribution in [-0.2, 0) is 11.3 Å². The van der Waals surface area contributed by atoms with Crippen molar-refractivity contribution in [2.24, 2.45) is 0 Å². The van der Waals surface area contributed by atoms with Gasteiger partial charge in [-0.05, 0) is 78.3 Å². The van der Waals surface area contributed by atoms with Crippen molar-refractivity contribution in [2.45, 2.75) is 51.4 Å². The molecule has 1 amide bonds. The summed E-state index contributed by atoms with van der Waals surface area (Å²) in [5, 5.41) is 12.4. The summed E-state index contributed by atoms with van der Waals surface area (Å²) in [6.45, 7) is 8.93. The molecule has 3 aromatic rings. The Morgan fingerprint density at radius 1 is 1.16 bits per heavy atom. The number of nitrogens with one attached hydrogen (secondary N) is 1. The quantitative estimate of drug-likeness (QED) is 0.266. The fourth-order valence-electron chi connectivity index (χ4n) is 3.20. The van der Waals surface area contributed by atoms with Gasteiger partial charge in [0, 0.05) is 15.8 Å². The summed E-state index contributed by atoms with van der Waals surface area (Å²) in [4.78, 5) is 12.6. The van der Waals surface area contributed by atoms with E-state index in [-0.39, 0.29) is 17.8 Å². The average Bonchev–Trinajstić information content (AvgIpc) is 3.17. The number of hydrogen-bond acceptors (Lipinski definition) is 5. The number of ether oxygens (including phenoxy) is 1. The van der Waals surface area contributed by atoms with Crippen LogP contribution in [0.4, 0.5) is 5.69 Å². The van der Waals surface area contributed by atoms with Crippen LogP contribution >= 0.6 is 34.4 Å². The number of hydrogen-bond donors (Lipinski definition) is 1. The summed E-state index contributed by atoms with van der Waals surface area (Å²) in [7, 11) is 0. The minimum Gasteiger partial charge on any atom is -0.483 e. The third-order valence-corrected chi connectivity index (χ3v) is 6.36. The maximum absolute atomic E-state index is 12.6. The zero-order valence-electron chi connectivity index (χ0n) is 18.1. The summed E-state index contributed by atoms with van der Waals surface area (Å²) in [6, 6.07) is 15.7. The van der Waals surface area contributed by atoms with Crippen molar-refractivity contribution < 1.29 is 9.53 Å². The Labute approximate surface area is 201 Å². The summed E-state index contributed by atoms with van der Waals surface area (Å²) >= 11 is 3.67. The highest BCUT2D eigenvalue weighted by atomic mass is 127. The lowest BCUT2D eigenvalue weighted by Gasteiger charge is -2.16. The second-order valence-corrected chi connectivity index (χ2v) is 9.57. The highest BCUT2D eigenvalue weighted by Crippen LogP contribution is 2.27. The molecule has 0 radical (unpaired) electrons. The molecule has 0 unspecified atom stereocenters. The third-order valence-electron chi connectivity index (χ3n) is 4.72. The molecule has 0 spiro atoms. The molecular formula is C23H27IN4O2S. The van der Waals surface area contributed by atoms with Gasteiger partial charge in [0.2, 0.25) is 5.91 Å². The zero-order valence-corrected chi connectivity index (χ0v) is 21.1. The summed E-state index contributed by atoms with van der Waals surface area (Å²) < 4.78 is 9.15. The minimum atomic E-state index is -0.251. The van der Waals surface area contributed by atoms with Crippen LogP contribution in [0.5, 0.6) is 5.75 Å². The Bertz CT molecular complexity index is 1020. The maximum atomic E-state index is 12.6. The lowest BCUT2D eigenvalue weighted by molar-refractivity contribution is -0.113. The van der Waals surface area contributed by atoms with Crippen molar-refractivity contribution in [3.05, 3.63) is 63.5 Å². The van der Waals surface area contributed by atoms with Crippen molar-refractivity contribution in [1.82, 2.24) is 14.8 Å². The van der Waals surface area contributed by atoms with Crippen molar-refractivity contribution in [3.8, 4) is 5.75 Å². The first-order chi connectivity index (χ1) is 14.9. The minimum absolute atomic E-state index is 0.0612. The Kier molecular flexibility index (Phi) is 8.36. The monoisotopic (exact) mass is 550 g/mol. The molecule has 1 aromatic heterocycles. The van der Waals surface area contributed by atoms with Gasteiger partial charge in [0.25, 0.3) is 0 Å². The second-order valence-electron chi connectivity index (χ2n) is 7.38. The van der Waals surface area contributed by atoms with Gasteiger partial charge in [-0.1, -0.05) is 43.8 Å². The molecule has 3 rings (SSSR count). The molecule has 0 bridgehead atoms. The van der Waals surface area contributed by atoms with Gasteiger partial charge in [-0.25, -0.2) is 0 Å². The molecule has 0 aliphatic heterocycles. The van der Waals surface area contributed by atoms with Crippen molar-refractivity contribution >= 4 is 45.9 Å². The van der Waals surface area contributed by atoms with E-state index < -0.39 is 0 Å². The smallest absolute Gasteiger partial charge is 0.234 e. The number of thioether (sulfide) groups is 1. The number of carbonyl (C=O) groups excluding carboxylic acids is 1. The van der Waals surface area contributed by atoms with E-state index in [9.17, 15) is 4.79 Å². The number of carbonyl (C=O) groups is 1. The Morgan fingerprint density at radius 2 is 1.90 bits per heavy atom. The molecule has 0 saturated carbocycles. The largest absolute Gasteiger partial charge is 0.483 e. The van der Waals surface area contributed by atoms with Crippen LogP contribution in [0.25, 0.3) is 0 Å². The number of anilines is 1. The lowest BCUT2D eigenvalue weighted by atomic mass is 10.0. The van der Waals surface area contributed by atoms with Gasteiger partial charge in [0.1, 0.15) is 5.75 Å². The molecule has 0 saturated heterocycles. The molecule has 1 N–H and O–H groups in total. The van der Waals surface area contributed by atoms with Crippen LogP contribution in [0, 0.1) is 3.57 Å². The Hall–Kier alpha value is -2.07. The molecule has 1 atom stereocenters. The van der Waals surface area contributed by atoms with Crippen LogP contribution in [0.3, 0.4) is 0 Å². The highest BCUT2D eigenvalue weighted by Gasteiger charge is 2.20. The van der Waals surface area contributed by atoms with Crippen LogP contribution in [0.1, 0.15) is 51.1 Å². The van der Waals surface area contributed by atoms with E-state index in [1.807, 2.05) is 60.9 Å². The lowest BCUT2D eigenvalue weighted by Crippen LogP contribution is -2.16. The molecule has 8 heteroatoms. The SMILES string of the molecule is CCn1c(SCC(=O)Nc2ccc(I)cc2C(C)C)nnc1[C@@H](C)Oc1ccccc1. The zero-order chi connectivity index (χ0) is 22.4. The summed E-state index contributed by atoms with van der Waals surface area (Å²) in [6.07, 6.45) is -0.251. The van der Waals surface area contributed by atoms with Gasteiger partial charge in [-0.2, -0.15) is 0 Å². The Balaban J connectivity index is 1.65. The number of aromatic nitrogens is 3. The van der Waals surface area contributed by atoms with E-state index in [2.05, 4.69) is 58.0 Å². The normalized spacial score (nSPS) is 12.1. The van der Waals surface area contributed by atoms with Gasteiger partial charge in [-0.3, -0.25) is 4.79 Å². The topological polar surface area (TPSA) is 69.0 Å². The maximum Gasteiger partial charge on any atom is 0.234 e. The molecular weight excluding hydrogens is 523 g/mol.